The standard InChI is InChI=1S/C24H33NO4/c1-8-18(25-28-9-2)22-19(26)10-16(11-20(22)27)21-15(5)13(3)14(4)17-12-24(6,7)29-23(17)21/h16,26H,8-12H2,1-7H3. The van der Waals surface area contributed by atoms with Crippen LogP contribution in [-0.2, 0) is 16.1 Å². The van der Waals surface area contributed by atoms with Crippen LogP contribution >= 0.6 is 0 Å². The molecule has 0 saturated heterocycles. The number of Topliss-reactive ketones (excluding diaryl/α,β-unsaturated/α-hetero) is 1. The number of oxime groups is 1. The Balaban J connectivity index is 2.06. The number of hydrogen-bond donors (Lipinski definition) is 1. The van der Waals surface area contributed by atoms with Crippen molar-refractivity contribution in [1.82, 2.24) is 0 Å². The van der Waals surface area contributed by atoms with Crippen molar-refractivity contribution in [3.05, 3.63) is 39.1 Å². The summed E-state index contributed by atoms with van der Waals surface area (Å²) in [6.07, 6.45) is 2.14. The van der Waals surface area contributed by atoms with E-state index in [1.807, 2.05) is 13.8 Å². The number of carbonyl (C=O) groups is 1. The van der Waals surface area contributed by atoms with E-state index in [9.17, 15) is 9.90 Å². The molecule has 0 aromatic heterocycles. The number of carbonyl (C=O) groups excluding carboxylic acids is 1. The molecule has 158 valence electrons. The Labute approximate surface area is 173 Å². The zero-order valence-electron chi connectivity index (χ0n) is 18.7. The van der Waals surface area contributed by atoms with Gasteiger partial charge < -0.3 is 14.7 Å². The van der Waals surface area contributed by atoms with E-state index in [0.717, 1.165) is 23.3 Å². The van der Waals surface area contributed by atoms with E-state index in [-0.39, 0.29) is 23.1 Å². The summed E-state index contributed by atoms with van der Waals surface area (Å²) in [6, 6.07) is 0. The number of nitrogens with zero attached hydrogens (tertiary/aromatic N) is 1. The fourth-order valence-corrected chi connectivity index (χ4v) is 4.63. The second-order valence-corrected chi connectivity index (χ2v) is 8.79. The summed E-state index contributed by atoms with van der Waals surface area (Å²) in [4.78, 5) is 18.2. The zero-order valence-corrected chi connectivity index (χ0v) is 18.7. The highest BCUT2D eigenvalue weighted by molar-refractivity contribution is 6.23. The smallest absolute Gasteiger partial charge is 0.168 e. The lowest BCUT2D eigenvalue weighted by Gasteiger charge is -2.28. The van der Waals surface area contributed by atoms with E-state index < -0.39 is 0 Å². The highest BCUT2D eigenvalue weighted by Gasteiger charge is 2.39. The SMILES string of the molecule is CCON=C(CC)C1=C(O)CC(c2c(C)c(C)c(C)c3c2OC(C)(C)C3)CC1=O. The molecule has 5 heteroatoms. The molecule has 5 nitrogen and oxygen atoms in total. The van der Waals surface area contributed by atoms with Crippen LogP contribution in [0.25, 0.3) is 0 Å². The second-order valence-electron chi connectivity index (χ2n) is 8.79. The lowest BCUT2D eigenvalue weighted by molar-refractivity contribution is -0.116. The summed E-state index contributed by atoms with van der Waals surface area (Å²) >= 11 is 0. The molecule has 3 rings (SSSR count). The van der Waals surface area contributed by atoms with Gasteiger partial charge in [0, 0.05) is 36.3 Å². The van der Waals surface area contributed by atoms with Crippen molar-refractivity contribution in [2.45, 2.75) is 85.7 Å². The molecule has 1 aliphatic carbocycles. The van der Waals surface area contributed by atoms with Gasteiger partial charge in [0.25, 0.3) is 0 Å². The van der Waals surface area contributed by atoms with Gasteiger partial charge in [-0.1, -0.05) is 12.1 Å². The summed E-state index contributed by atoms with van der Waals surface area (Å²) in [7, 11) is 0. The average molecular weight is 400 g/mol. The van der Waals surface area contributed by atoms with Crippen LogP contribution in [0.15, 0.2) is 16.5 Å². The van der Waals surface area contributed by atoms with Gasteiger partial charge in [-0.2, -0.15) is 0 Å². The van der Waals surface area contributed by atoms with Crippen LogP contribution < -0.4 is 4.74 Å². The molecule has 0 radical (unpaired) electrons. The number of hydrogen-bond acceptors (Lipinski definition) is 5. The van der Waals surface area contributed by atoms with Crippen LogP contribution in [0, 0.1) is 20.8 Å². The predicted octanol–water partition coefficient (Wildman–Crippen LogP) is 5.39. The minimum Gasteiger partial charge on any atom is -0.511 e. The number of fused-ring (bicyclic) bond motifs is 1. The maximum absolute atomic E-state index is 13.0. The molecule has 1 aromatic carbocycles. The van der Waals surface area contributed by atoms with E-state index in [1.54, 1.807) is 0 Å². The lowest BCUT2D eigenvalue weighted by Crippen LogP contribution is -2.26. The van der Waals surface area contributed by atoms with Crippen LogP contribution in [0.2, 0.25) is 0 Å². The minimum atomic E-state index is -0.261. The molecule has 0 spiro atoms. The molecule has 29 heavy (non-hydrogen) atoms. The maximum Gasteiger partial charge on any atom is 0.168 e. The number of aliphatic hydroxyl groups is 1. The summed E-state index contributed by atoms with van der Waals surface area (Å²) in [5.41, 5.74) is 6.58. The molecule has 0 fully saturated rings. The number of ether oxygens (including phenoxy) is 1. The molecule has 1 aliphatic heterocycles. The Kier molecular flexibility index (Phi) is 5.79. The lowest BCUT2D eigenvalue weighted by atomic mass is 9.77. The Morgan fingerprint density at radius 3 is 2.45 bits per heavy atom. The highest BCUT2D eigenvalue weighted by atomic mass is 16.6. The summed E-state index contributed by atoms with van der Waals surface area (Å²) < 4.78 is 6.36. The molecule has 0 saturated carbocycles. The van der Waals surface area contributed by atoms with Gasteiger partial charge in [-0.25, -0.2) is 0 Å². The summed E-state index contributed by atoms with van der Waals surface area (Å²) in [6.45, 7) is 14.8. The molecule has 1 unspecified atom stereocenters. The van der Waals surface area contributed by atoms with Crippen molar-refractivity contribution in [1.29, 1.82) is 0 Å². The van der Waals surface area contributed by atoms with Gasteiger partial charge in [0.1, 0.15) is 23.7 Å². The quantitative estimate of drug-likeness (QED) is 0.533. The van der Waals surface area contributed by atoms with Gasteiger partial charge in [-0.3, -0.25) is 4.79 Å². The van der Waals surface area contributed by atoms with E-state index in [4.69, 9.17) is 9.57 Å². The van der Waals surface area contributed by atoms with Gasteiger partial charge in [0.15, 0.2) is 5.78 Å². The number of rotatable bonds is 5. The van der Waals surface area contributed by atoms with Crippen LogP contribution in [0.5, 0.6) is 5.75 Å². The molecular formula is C24H33NO4. The molecule has 2 aliphatic rings. The van der Waals surface area contributed by atoms with Crippen LogP contribution in [-0.4, -0.2) is 28.8 Å². The molecule has 0 bridgehead atoms. The number of benzene rings is 1. The van der Waals surface area contributed by atoms with E-state index >= 15 is 0 Å². The summed E-state index contributed by atoms with van der Waals surface area (Å²) in [5.74, 6) is 0.847. The number of allylic oxidation sites excluding steroid dienone is 2. The molecule has 1 N–H and O–H groups in total. The van der Waals surface area contributed by atoms with Crippen molar-refractivity contribution < 1.29 is 19.5 Å². The van der Waals surface area contributed by atoms with E-state index in [1.165, 1.54) is 16.7 Å². The van der Waals surface area contributed by atoms with Crippen LogP contribution in [0.1, 0.15) is 80.7 Å². The van der Waals surface area contributed by atoms with Gasteiger partial charge in [0.05, 0.1) is 11.3 Å². The first-order chi connectivity index (χ1) is 13.6. The first-order valence-corrected chi connectivity index (χ1v) is 10.6. The first-order valence-electron chi connectivity index (χ1n) is 10.6. The highest BCUT2D eigenvalue weighted by Crippen LogP contribution is 2.48. The topological polar surface area (TPSA) is 68.1 Å². The van der Waals surface area contributed by atoms with Crippen molar-refractivity contribution in [3.8, 4) is 5.75 Å². The Hall–Kier alpha value is -2.30. The fraction of sp³-hybridized carbons (Fsp3) is 0.583. The van der Waals surface area contributed by atoms with Crippen molar-refractivity contribution in [2.75, 3.05) is 6.61 Å². The largest absolute Gasteiger partial charge is 0.511 e. The maximum atomic E-state index is 13.0. The van der Waals surface area contributed by atoms with E-state index in [2.05, 4.69) is 39.8 Å². The third-order valence-electron chi connectivity index (χ3n) is 6.26. The average Bonchev–Trinajstić information content (AvgIpc) is 2.97. The van der Waals surface area contributed by atoms with E-state index in [0.29, 0.717) is 37.2 Å². The van der Waals surface area contributed by atoms with Gasteiger partial charge in [-0.05, 0) is 64.7 Å². The first kappa shape index (κ1) is 21.4. The predicted molar refractivity (Wildman–Crippen MR) is 115 cm³/mol. The van der Waals surface area contributed by atoms with Gasteiger partial charge in [0.2, 0.25) is 0 Å². The zero-order chi connectivity index (χ0) is 21.5. The molecular weight excluding hydrogens is 366 g/mol. The van der Waals surface area contributed by atoms with Crippen molar-refractivity contribution in [3.63, 3.8) is 0 Å². The van der Waals surface area contributed by atoms with Crippen molar-refractivity contribution in [2.24, 2.45) is 5.16 Å². The fourth-order valence-electron chi connectivity index (χ4n) is 4.63. The van der Waals surface area contributed by atoms with Crippen LogP contribution in [0.4, 0.5) is 0 Å². The Morgan fingerprint density at radius 1 is 1.17 bits per heavy atom. The molecule has 0 amide bonds. The van der Waals surface area contributed by atoms with Crippen molar-refractivity contribution >= 4 is 11.5 Å². The third kappa shape index (κ3) is 3.79. The number of aliphatic hydroxyl groups excluding tert-OH is 1. The van der Waals surface area contributed by atoms with Crippen LogP contribution in [0.3, 0.4) is 0 Å². The normalized spacial score (nSPS) is 21.3. The third-order valence-corrected chi connectivity index (χ3v) is 6.26. The van der Waals surface area contributed by atoms with Gasteiger partial charge in [-0.15, -0.1) is 0 Å². The second kappa shape index (κ2) is 7.85. The molecule has 1 atom stereocenters. The minimum absolute atomic E-state index is 0.0808. The summed E-state index contributed by atoms with van der Waals surface area (Å²) in [5, 5.41) is 14.9. The monoisotopic (exact) mass is 399 g/mol. The Bertz CT molecular complexity index is 908. The number of ketones is 1. The van der Waals surface area contributed by atoms with Gasteiger partial charge >= 0.3 is 0 Å². The molecule has 1 aromatic rings. The Morgan fingerprint density at radius 2 is 1.86 bits per heavy atom. The molecule has 1 heterocycles.